The zero-order chi connectivity index (χ0) is 15.3. The van der Waals surface area contributed by atoms with Crippen molar-refractivity contribution >= 4 is 22.8 Å². The molecule has 7 nitrogen and oxygen atoms in total. The molecule has 1 saturated carbocycles. The van der Waals surface area contributed by atoms with Gasteiger partial charge in [-0.1, -0.05) is 0 Å². The minimum atomic E-state index is -2.67. The van der Waals surface area contributed by atoms with Crippen molar-refractivity contribution in [1.29, 1.82) is 0 Å². The molecule has 0 aromatic carbocycles. The fourth-order valence-corrected chi connectivity index (χ4v) is 2.38. The summed E-state index contributed by atoms with van der Waals surface area (Å²) in [7, 11) is 0. The van der Waals surface area contributed by atoms with Crippen molar-refractivity contribution in [2.75, 3.05) is 5.32 Å². The molecule has 22 heavy (non-hydrogen) atoms. The van der Waals surface area contributed by atoms with Crippen LogP contribution < -0.4 is 5.32 Å². The topological polar surface area (TPSA) is 84.3 Å². The standard InChI is InChI=1S/C13H13F2N7/c1-6-8(4-22(21-6)12(14)15)18-13-19-9(7-2-3-7)10-11(20-13)17-5-16-10/h4-5,7,12H,2-3H2,1H3,(H2,16,17,18,19,20). The van der Waals surface area contributed by atoms with Crippen LogP contribution in [0.25, 0.3) is 11.2 Å². The van der Waals surface area contributed by atoms with E-state index < -0.39 is 6.55 Å². The van der Waals surface area contributed by atoms with Crippen molar-refractivity contribution < 1.29 is 8.78 Å². The third-order valence-electron chi connectivity index (χ3n) is 3.63. The predicted molar refractivity (Wildman–Crippen MR) is 75.2 cm³/mol. The first kappa shape index (κ1) is 13.1. The van der Waals surface area contributed by atoms with Gasteiger partial charge < -0.3 is 10.3 Å². The first-order chi connectivity index (χ1) is 10.6. The maximum atomic E-state index is 12.7. The van der Waals surface area contributed by atoms with Gasteiger partial charge in [-0.3, -0.25) is 0 Å². The number of H-pyrrole nitrogens is 1. The zero-order valence-corrected chi connectivity index (χ0v) is 11.7. The third-order valence-corrected chi connectivity index (χ3v) is 3.63. The van der Waals surface area contributed by atoms with Crippen LogP contribution in [0.3, 0.4) is 0 Å². The highest BCUT2D eigenvalue weighted by Crippen LogP contribution is 2.41. The Labute approximate surface area is 123 Å². The van der Waals surface area contributed by atoms with E-state index in [4.69, 9.17) is 0 Å². The highest BCUT2D eigenvalue weighted by atomic mass is 19.3. The smallest absolute Gasteiger partial charge is 0.329 e. The molecule has 0 aliphatic heterocycles. The van der Waals surface area contributed by atoms with E-state index in [2.05, 4.69) is 30.4 Å². The van der Waals surface area contributed by atoms with Crippen molar-refractivity contribution in [2.45, 2.75) is 32.2 Å². The largest absolute Gasteiger partial charge is 0.333 e. The van der Waals surface area contributed by atoms with E-state index in [0.717, 1.165) is 24.1 Å². The van der Waals surface area contributed by atoms with Crippen LogP contribution in [0.15, 0.2) is 12.5 Å². The Balaban J connectivity index is 1.72. The van der Waals surface area contributed by atoms with Crippen molar-refractivity contribution in [1.82, 2.24) is 29.7 Å². The molecule has 3 aromatic rings. The molecule has 4 rings (SSSR count). The van der Waals surface area contributed by atoms with E-state index >= 15 is 0 Å². The summed E-state index contributed by atoms with van der Waals surface area (Å²) in [5.41, 5.74) is 3.22. The molecule has 114 valence electrons. The summed E-state index contributed by atoms with van der Waals surface area (Å²) in [5, 5.41) is 6.72. The van der Waals surface area contributed by atoms with E-state index in [1.807, 2.05) is 0 Å². The van der Waals surface area contributed by atoms with Crippen LogP contribution >= 0.6 is 0 Å². The molecule has 1 aliphatic rings. The fourth-order valence-electron chi connectivity index (χ4n) is 2.38. The molecule has 3 heterocycles. The van der Waals surface area contributed by atoms with Crippen molar-refractivity contribution in [3.8, 4) is 0 Å². The summed E-state index contributed by atoms with van der Waals surface area (Å²) in [4.78, 5) is 16.0. The number of nitrogens with one attached hydrogen (secondary N) is 2. The molecule has 0 atom stereocenters. The van der Waals surface area contributed by atoms with Crippen molar-refractivity contribution in [2.24, 2.45) is 0 Å². The van der Waals surface area contributed by atoms with Gasteiger partial charge in [0.1, 0.15) is 5.52 Å². The zero-order valence-electron chi connectivity index (χ0n) is 11.7. The van der Waals surface area contributed by atoms with E-state index in [-0.39, 0.29) is 0 Å². The number of halogens is 2. The molecule has 0 radical (unpaired) electrons. The number of anilines is 2. The Hall–Kier alpha value is -2.58. The first-order valence-corrected chi connectivity index (χ1v) is 6.94. The number of aromatic nitrogens is 6. The number of nitrogens with zero attached hydrogens (tertiary/aromatic N) is 5. The van der Waals surface area contributed by atoms with Crippen molar-refractivity contribution in [3.63, 3.8) is 0 Å². The van der Waals surface area contributed by atoms with Gasteiger partial charge in [-0.15, -0.1) is 0 Å². The van der Waals surface area contributed by atoms with Crippen LogP contribution in [-0.4, -0.2) is 29.7 Å². The van der Waals surface area contributed by atoms with Gasteiger partial charge in [0.05, 0.1) is 29.6 Å². The summed E-state index contributed by atoms with van der Waals surface area (Å²) in [6.07, 6.45) is 4.99. The highest BCUT2D eigenvalue weighted by molar-refractivity contribution is 5.76. The number of aryl methyl sites for hydroxylation is 1. The quantitative estimate of drug-likeness (QED) is 0.774. The van der Waals surface area contributed by atoms with Gasteiger partial charge in [0.15, 0.2) is 5.65 Å². The maximum Gasteiger partial charge on any atom is 0.333 e. The van der Waals surface area contributed by atoms with Crippen LogP contribution in [0.2, 0.25) is 0 Å². The molecule has 9 heteroatoms. The number of hydrogen-bond acceptors (Lipinski definition) is 5. The van der Waals surface area contributed by atoms with Crippen LogP contribution in [0.4, 0.5) is 20.4 Å². The molecule has 0 unspecified atom stereocenters. The number of aromatic amines is 1. The average molecular weight is 305 g/mol. The second-order valence-corrected chi connectivity index (χ2v) is 5.32. The van der Waals surface area contributed by atoms with Crippen LogP contribution in [-0.2, 0) is 0 Å². The van der Waals surface area contributed by atoms with Gasteiger partial charge in [-0.25, -0.2) is 14.6 Å². The van der Waals surface area contributed by atoms with E-state index in [0.29, 0.717) is 33.6 Å². The second kappa shape index (κ2) is 4.72. The maximum absolute atomic E-state index is 12.7. The molecular formula is C13H13F2N7. The van der Waals surface area contributed by atoms with Crippen LogP contribution in [0.1, 0.15) is 36.7 Å². The van der Waals surface area contributed by atoms with Crippen molar-refractivity contribution in [3.05, 3.63) is 23.9 Å². The van der Waals surface area contributed by atoms with E-state index in [1.54, 1.807) is 13.3 Å². The lowest BCUT2D eigenvalue weighted by molar-refractivity contribution is 0.0563. The van der Waals surface area contributed by atoms with E-state index in [1.165, 1.54) is 6.20 Å². The minimum absolute atomic E-state index is 0.357. The number of alkyl halides is 2. The summed E-state index contributed by atoms with van der Waals surface area (Å²) in [6.45, 7) is -1.02. The molecule has 0 saturated heterocycles. The number of hydrogen-bond donors (Lipinski definition) is 2. The van der Waals surface area contributed by atoms with Gasteiger partial charge >= 0.3 is 6.55 Å². The van der Waals surface area contributed by atoms with Crippen LogP contribution in [0.5, 0.6) is 0 Å². The highest BCUT2D eigenvalue weighted by Gasteiger charge is 2.29. The van der Waals surface area contributed by atoms with Gasteiger partial charge in [0.2, 0.25) is 5.95 Å². The molecule has 0 bridgehead atoms. The lowest BCUT2D eigenvalue weighted by atomic mass is 10.2. The Bertz CT molecular complexity index is 834. The summed E-state index contributed by atoms with van der Waals surface area (Å²) < 4.78 is 25.9. The molecule has 1 aliphatic carbocycles. The Morgan fingerprint density at radius 1 is 1.36 bits per heavy atom. The average Bonchev–Trinajstić information content (AvgIpc) is 3.11. The summed E-state index contributed by atoms with van der Waals surface area (Å²) >= 11 is 0. The first-order valence-electron chi connectivity index (χ1n) is 6.94. The molecule has 0 spiro atoms. The Kier molecular flexibility index (Phi) is 2.81. The SMILES string of the molecule is Cc1nn(C(F)F)cc1Nc1nc(C2CC2)c2nc[nH]c2n1. The van der Waals surface area contributed by atoms with Gasteiger partial charge in [0.25, 0.3) is 0 Å². The third kappa shape index (κ3) is 2.18. The monoisotopic (exact) mass is 305 g/mol. The Morgan fingerprint density at radius 3 is 2.86 bits per heavy atom. The second-order valence-electron chi connectivity index (χ2n) is 5.32. The summed E-state index contributed by atoms with van der Waals surface area (Å²) in [5.74, 6) is 0.759. The molecule has 3 aromatic heterocycles. The number of fused-ring (bicyclic) bond motifs is 1. The van der Waals surface area contributed by atoms with Gasteiger partial charge in [0, 0.05) is 5.92 Å². The van der Waals surface area contributed by atoms with Gasteiger partial charge in [-0.05, 0) is 19.8 Å². The molecule has 2 N–H and O–H groups in total. The lowest BCUT2D eigenvalue weighted by Crippen LogP contribution is -2.01. The number of imidazole rings is 1. The minimum Gasteiger partial charge on any atom is -0.329 e. The Morgan fingerprint density at radius 2 is 2.18 bits per heavy atom. The normalized spacial score (nSPS) is 14.9. The molecule has 0 amide bonds. The lowest BCUT2D eigenvalue weighted by Gasteiger charge is -2.06. The number of rotatable bonds is 4. The predicted octanol–water partition coefficient (Wildman–Crippen LogP) is 2.87. The van der Waals surface area contributed by atoms with E-state index in [9.17, 15) is 8.78 Å². The molecule has 1 fully saturated rings. The molecular weight excluding hydrogens is 292 g/mol. The fraction of sp³-hybridized carbons (Fsp3) is 0.385. The van der Waals surface area contributed by atoms with Crippen LogP contribution in [0, 0.1) is 6.92 Å². The van der Waals surface area contributed by atoms with Gasteiger partial charge in [-0.2, -0.15) is 18.9 Å². The summed E-state index contributed by atoms with van der Waals surface area (Å²) in [6, 6.07) is 0.